The summed E-state index contributed by atoms with van der Waals surface area (Å²) in [5.41, 5.74) is 6.25. The normalized spacial score (nSPS) is 11.1. The van der Waals surface area contributed by atoms with Crippen molar-refractivity contribution in [3.05, 3.63) is 29.8 Å². The van der Waals surface area contributed by atoms with Gasteiger partial charge in [0.25, 0.3) is 0 Å². The van der Waals surface area contributed by atoms with Crippen LogP contribution in [0.1, 0.15) is 5.56 Å². The van der Waals surface area contributed by atoms with E-state index in [9.17, 15) is 4.57 Å². The van der Waals surface area contributed by atoms with Crippen molar-refractivity contribution in [3.63, 3.8) is 0 Å². The Labute approximate surface area is 92.0 Å². The van der Waals surface area contributed by atoms with Gasteiger partial charge in [0.2, 0.25) is 0 Å². The Bertz CT molecular complexity index is 431. The predicted octanol–water partition coefficient (Wildman–Crippen LogP) is 0.601. The molecule has 0 saturated heterocycles. The minimum Gasteiger partial charge on any atom is -0.370 e. The van der Waals surface area contributed by atoms with Gasteiger partial charge in [0.15, 0.2) is 5.96 Å². The summed E-state index contributed by atoms with van der Waals surface area (Å²) in [4.78, 5) is 17.0. The van der Waals surface area contributed by atoms with Gasteiger partial charge >= 0.3 is 7.82 Å². The summed E-state index contributed by atoms with van der Waals surface area (Å²) in [7, 11) is -4.46. The summed E-state index contributed by atoms with van der Waals surface area (Å²) in [6.07, 6.45) is 0. The fraction of sp³-hybridized carbons (Fsp3) is 0.125. The molecule has 0 aromatic heterocycles. The largest absolute Gasteiger partial charge is 0.469 e. The first-order valence-corrected chi connectivity index (χ1v) is 5.80. The summed E-state index contributed by atoms with van der Waals surface area (Å²) >= 11 is 0. The molecule has 0 fully saturated rings. The number of guanidine groups is 1. The molecule has 8 heteroatoms. The SMILES string of the molecule is N=C(N)Nc1cccc(COP(=O)(O)O)c1. The molecule has 1 rings (SSSR count). The standard InChI is InChI=1S/C8H12N3O4P/c9-8(10)11-7-3-1-2-6(4-7)5-15-16(12,13)14/h1-4H,5H2,(H4,9,10,11)(H2,12,13,14). The highest BCUT2D eigenvalue weighted by Crippen LogP contribution is 2.36. The zero-order valence-electron chi connectivity index (χ0n) is 8.25. The van der Waals surface area contributed by atoms with Crippen molar-refractivity contribution in [2.75, 3.05) is 5.32 Å². The number of nitrogens with one attached hydrogen (secondary N) is 2. The van der Waals surface area contributed by atoms with Gasteiger partial charge in [-0.25, -0.2) is 4.57 Å². The molecule has 0 atom stereocenters. The van der Waals surface area contributed by atoms with Gasteiger partial charge in [0.05, 0.1) is 6.61 Å². The molecule has 0 spiro atoms. The minimum atomic E-state index is -4.46. The highest BCUT2D eigenvalue weighted by Gasteiger charge is 2.13. The van der Waals surface area contributed by atoms with Gasteiger partial charge in [-0.1, -0.05) is 12.1 Å². The number of phosphoric ester groups is 1. The lowest BCUT2D eigenvalue weighted by Crippen LogP contribution is -2.20. The van der Waals surface area contributed by atoms with Crippen LogP contribution in [0, 0.1) is 5.41 Å². The smallest absolute Gasteiger partial charge is 0.370 e. The lowest BCUT2D eigenvalue weighted by Gasteiger charge is -2.08. The van der Waals surface area contributed by atoms with Gasteiger partial charge in [-0.3, -0.25) is 9.93 Å². The van der Waals surface area contributed by atoms with Crippen molar-refractivity contribution in [3.8, 4) is 0 Å². The predicted molar refractivity (Wildman–Crippen MR) is 58.8 cm³/mol. The molecular formula is C8H12N3O4P. The Morgan fingerprint density at radius 2 is 2.25 bits per heavy atom. The molecule has 0 radical (unpaired) electrons. The number of benzene rings is 1. The fourth-order valence-electron chi connectivity index (χ4n) is 1.05. The molecule has 1 aromatic rings. The van der Waals surface area contributed by atoms with Crippen LogP contribution in [-0.2, 0) is 15.7 Å². The van der Waals surface area contributed by atoms with Crippen molar-refractivity contribution in [1.29, 1.82) is 5.41 Å². The van der Waals surface area contributed by atoms with Gasteiger partial charge in [-0.2, -0.15) is 0 Å². The quantitative estimate of drug-likeness (QED) is 0.300. The summed E-state index contributed by atoms with van der Waals surface area (Å²) < 4.78 is 14.8. The molecule has 88 valence electrons. The third-order valence-corrected chi connectivity index (χ3v) is 2.07. The Kier molecular flexibility index (Phi) is 4.03. The van der Waals surface area contributed by atoms with Crippen molar-refractivity contribution in [2.45, 2.75) is 6.61 Å². The van der Waals surface area contributed by atoms with Crippen LogP contribution in [0.3, 0.4) is 0 Å². The van der Waals surface area contributed by atoms with E-state index in [1.54, 1.807) is 24.3 Å². The average molecular weight is 245 g/mol. The molecule has 16 heavy (non-hydrogen) atoms. The van der Waals surface area contributed by atoms with Gasteiger partial charge in [0.1, 0.15) is 0 Å². The molecule has 0 unspecified atom stereocenters. The molecule has 0 heterocycles. The molecule has 7 nitrogen and oxygen atoms in total. The van der Waals surface area contributed by atoms with E-state index in [2.05, 4.69) is 9.84 Å². The lowest BCUT2D eigenvalue weighted by molar-refractivity contribution is 0.189. The van der Waals surface area contributed by atoms with Crippen molar-refractivity contribution in [1.82, 2.24) is 0 Å². The third-order valence-electron chi connectivity index (χ3n) is 1.61. The maximum atomic E-state index is 10.5. The van der Waals surface area contributed by atoms with Crippen LogP contribution in [0.2, 0.25) is 0 Å². The van der Waals surface area contributed by atoms with Crippen LogP contribution in [0.25, 0.3) is 0 Å². The lowest BCUT2D eigenvalue weighted by atomic mass is 10.2. The van der Waals surface area contributed by atoms with Crippen molar-refractivity contribution in [2.24, 2.45) is 5.73 Å². The van der Waals surface area contributed by atoms with E-state index >= 15 is 0 Å². The Morgan fingerprint density at radius 3 is 2.81 bits per heavy atom. The number of rotatable bonds is 4. The molecule has 0 saturated carbocycles. The second-order valence-corrected chi connectivity index (χ2v) is 4.24. The molecule has 0 bridgehead atoms. The Hall–Kier alpha value is -1.40. The first kappa shape index (κ1) is 12.7. The summed E-state index contributed by atoms with van der Waals surface area (Å²) in [6, 6.07) is 6.55. The Balaban J connectivity index is 2.67. The summed E-state index contributed by atoms with van der Waals surface area (Å²) in [5, 5.41) is 9.57. The minimum absolute atomic E-state index is 0.211. The van der Waals surface area contributed by atoms with E-state index in [1.165, 1.54) is 0 Å². The fourth-order valence-corrected chi connectivity index (χ4v) is 1.37. The first-order valence-electron chi connectivity index (χ1n) is 4.27. The summed E-state index contributed by atoms with van der Waals surface area (Å²) in [6.45, 7) is -0.211. The van der Waals surface area contributed by atoms with Gasteiger partial charge in [-0.05, 0) is 17.7 Å². The van der Waals surface area contributed by atoms with Crippen LogP contribution in [-0.4, -0.2) is 15.7 Å². The second-order valence-electron chi connectivity index (χ2n) is 3.00. The van der Waals surface area contributed by atoms with Crippen molar-refractivity contribution < 1.29 is 18.9 Å². The number of hydrogen-bond donors (Lipinski definition) is 5. The van der Waals surface area contributed by atoms with Crippen LogP contribution >= 0.6 is 7.82 Å². The number of hydrogen-bond acceptors (Lipinski definition) is 3. The molecule has 6 N–H and O–H groups in total. The van der Waals surface area contributed by atoms with E-state index in [1.807, 2.05) is 0 Å². The number of nitrogens with two attached hydrogens (primary N) is 1. The van der Waals surface area contributed by atoms with Gasteiger partial charge < -0.3 is 20.8 Å². The van der Waals surface area contributed by atoms with E-state index in [4.69, 9.17) is 20.9 Å². The molecule has 1 aromatic carbocycles. The van der Waals surface area contributed by atoms with Crippen LogP contribution in [0.5, 0.6) is 0 Å². The number of phosphoric acid groups is 1. The highest BCUT2D eigenvalue weighted by molar-refractivity contribution is 7.46. The number of anilines is 1. The van der Waals surface area contributed by atoms with Crippen LogP contribution < -0.4 is 11.1 Å². The van der Waals surface area contributed by atoms with Crippen LogP contribution in [0.4, 0.5) is 5.69 Å². The molecular weight excluding hydrogens is 233 g/mol. The van der Waals surface area contributed by atoms with Crippen molar-refractivity contribution >= 4 is 19.5 Å². The summed E-state index contributed by atoms with van der Waals surface area (Å²) in [5.74, 6) is -0.215. The maximum Gasteiger partial charge on any atom is 0.469 e. The zero-order valence-corrected chi connectivity index (χ0v) is 9.15. The van der Waals surface area contributed by atoms with Gasteiger partial charge in [0, 0.05) is 5.69 Å². The average Bonchev–Trinajstić information content (AvgIpc) is 2.13. The van der Waals surface area contributed by atoms with E-state index in [0.29, 0.717) is 11.3 Å². The van der Waals surface area contributed by atoms with E-state index in [-0.39, 0.29) is 12.6 Å². The molecule has 0 aliphatic rings. The van der Waals surface area contributed by atoms with Gasteiger partial charge in [-0.15, -0.1) is 0 Å². The first-order chi connectivity index (χ1) is 7.37. The Morgan fingerprint density at radius 1 is 1.56 bits per heavy atom. The third kappa shape index (κ3) is 4.90. The van der Waals surface area contributed by atoms with Crippen LogP contribution in [0.15, 0.2) is 24.3 Å². The highest BCUT2D eigenvalue weighted by atomic mass is 31.2. The molecule has 0 amide bonds. The monoisotopic (exact) mass is 245 g/mol. The molecule has 0 aliphatic carbocycles. The topological polar surface area (TPSA) is 129 Å². The van der Waals surface area contributed by atoms with E-state index < -0.39 is 7.82 Å². The van der Waals surface area contributed by atoms with E-state index in [0.717, 1.165) is 0 Å². The maximum absolute atomic E-state index is 10.5. The second kappa shape index (κ2) is 5.09. The molecule has 0 aliphatic heterocycles. The zero-order chi connectivity index (χ0) is 12.2.